The van der Waals surface area contributed by atoms with Crippen LogP contribution in [0, 0.1) is 12.8 Å². The van der Waals surface area contributed by atoms with E-state index in [1.54, 1.807) is 0 Å². The Kier molecular flexibility index (Phi) is 10.0. The molecule has 0 saturated carbocycles. The molecular formula is C40H44N2. The predicted molar refractivity (Wildman–Crippen MR) is 188 cm³/mol. The van der Waals surface area contributed by atoms with Crippen LogP contribution in [0.15, 0.2) is 122 Å². The van der Waals surface area contributed by atoms with Gasteiger partial charge in [0.2, 0.25) is 0 Å². The van der Waals surface area contributed by atoms with Crippen molar-refractivity contribution in [1.29, 1.82) is 0 Å². The fourth-order valence-electron chi connectivity index (χ4n) is 5.63. The van der Waals surface area contributed by atoms with E-state index >= 15 is 0 Å². The van der Waals surface area contributed by atoms with Crippen LogP contribution in [-0.2, 0) is 6.42 Å². The Balaban J connectivity index is 1.64. The van der Waals surface area contributed by atoms with E-state index in [4.69, 9.17) is 0 Å². The lowest BCUT2D eigenvalue weighted by molar-refractivity contribution is 0.654. The maximum Gasteiger partial charge on any atom is 0.0534 e. The van der Waals surface area contributed by atoms with Gasteiger partial charge in [-0.05, 0) is 99.1 Å². The molecular weight excluding hydrogens is 508 g/mol. The van der Waals surface area contributed by atoms with E-state index in [2.05, 4.69) is 148 Å². The van der Waals surface area contributed by atoms with Gasteiger partial charge in [0.05, 0.1) is 5.52 Å². The van der Waals surface area contributed by atoms with Crippen LogP contribution in [-0.4, -0.2) is 9.13 Å². The summed E-state index contributed by atoms with van der Waals surface area (Å²) in [5.41, 5.74) is 11.6. The maximum absolute atomic E-state index is 4.43. The van der Waals surface area contributed by atoms with Crippen molar-refractivity contribution in [3.63, 3.8) is 0 Å². The zero-order valence-electron chi connectivity index (χ0n) is 25.9. The van der Waals surface area contributed by atoms with Gasteiger partial charge in [-0.1, -0.05) is 99.5 Å². The molecule has 2 aromatic heterocycles. The molecule has 0 bridgehead atoms. The topological polar surface area (TPSA) is 9.86 Å². The number of nitrogens with zero attached hydrogens (tertiary/aromatic N) is 2. The lowest BCUT2D eigenvalue weighted by Crippen LogP contribution is -1.99. The zero-order valence-corrected chi connectivity index (χ0v) is 25.9. The summed E-state index contributed by atoms with van der Waals surface area (Å²) in [6, 6.07) is 8.52. The molecule has 2 nitrogen and oxygen atoms in total. The zero-order chi connectivity index (χ0) is 30.2. The molecule has 1 atom stereocenters. The first-order chi connectivity index (χ1) is 20.3. The number of hydrogen-bond donors (Lipinski definition) is 0. The summed E-state index contributed by atoms with van der Waals surface area (Å²) < 4.78 is 4.50. The lowest BCUT2D eigenvalue weighted by atomic mass is 10.0. The molecule has 0 N–H and O–H groups in total. The monoisotopic (exact) mass is 552 g/mol. The molecule has 0 radical (unpaired) electrons. The predicted octanol–water partition coefficient (Wildman–Crippen LogP) is 11.2. The molecule has 3 aromatic rings. The first-order valence-corrected chi connectivity index (χ1v) is 14.8. The molecule has 0 amide bonds. The van der Waals surface area contributed by atoms with Gasteiger partial charge in [0.15, 0.2) is 0 Å². The van der Waals surface area contributed by atoms with Crippen molar-refractivity contribution in [3.8, 4) is 0 Å². The summed E-state index contributed by atoms with van der Waals surface area (Å²) in [5.74, 6) is 0.573. The van der Waals surface area contributed by atoms with E-state index in [9.17, 15) is 0 Å². The molecule has 2 heterocycles. The quantitative estimate of drug-likeness (QED) is 0.221. The Morgan fingerprint density at radius 2 is 1.86 bits per heavy atom. The lowest BCUT2D eigenvalue weighted by Gasteiger charge is -2.11. The first kappa shape index (κ1) is 30.4. The van der Waals surface area contributed by atoms with Crippen LogP contribution < -0.4 is 0 Å². The SMILES string of the molecule is C=CC(=CC(=CC)n1cc(C=CC=CC)c2ccccc21)C(C)=CC=CC(=C)n1c(C=C)c(C)c2c1C=CC(C)CC2. The van der Waals surface area contributed by atoms with Crippen LogP contribution >= 0.6 is 0 Å². The highest BCUT2D eigenvalue weighted by Crippen LogP contribution is 2.33. The second kappa shape index (κ2) is 13.9. The number of rotatable bonds is 10. The second-order valence-electron chi connectivity index (χ2n) is 10.9. The van der Waals surface area contributed by atoms with Gasteiger partial charge in [0.1, 0.15) is 0 Å². The molecule has 0 saturated heterocycles. The number of para-hydroxylation sites is 1. The van der Waals surface area contributed by atoms with Crippen LogP contribution in [0.5, 0.6) is 0 Å². The number of allylic oxidation sites excluding steroid dienone is 14. The minimum absolute atomic E-state index is 0.573. The van der Waals surface area contributed by atoms with Gasteiger partial charge < -0.3 is 9.13 Å². The molecule has 1 aliphatic rings. The highest BCUT2D eigenvalue weighted by atomic mass is 15.0. The van der Waals surface area contributed by atoms with E-state index in [1.807, 2.05) is 25.2 Å². The molecule has 0 spiro atoms. The van der Waals surface area contributed by atoms with Crippen LogP contribution in [0.3, 0.4) is 0 Å². The number of fused-ring (bicyclic) bond motifs is 2. The highest BCUT2D eigenvalue weighted by molar-refractivity contribution is 5.92. The first-order valence-electron chi connectivity index (χ1n) is 14.8. The summed E-state index contributed by atoms with van der Waals surface area (Å²) in [5, 5.41) is 1.22. The summed E-state index contributed by atoms with van der Waals surface area (Å²) in [7, 11) is 0. The molecule has 1 aliphatic carbocycles. The van der Waals surface area contributed by atoms with Crippen molar-refractivity contribution >= 4 is 40.5 Å². The molecule has 42 heavy (non-hydrogen) atoms. The Morgan fingerprint density at radius 1 is 1.07 bits per heavy atom. The summed E-state index contributed by atoms with van der Waals surface area (Å²) in [6.07, 6.45) is 31.9. The average molecular weight is 553 g/mol. The van der Waals surface area contributed by atoms with Gasteiger partial charge in [0, 0.05) is 39.9 Å². The third kappa shape index (κ3) is 6.34. The number of hydrogen-bond acceptors (Lipinski definition) is 0. The molecule has 0 aliphatic heterocycles. The van der Waals surface area contributed by atoms with E-state index < -0.39 is 0 Å². The molecule has 2 heteroatoms. The Morgan fingerprint density at radius 3 is 2.57 bits per heavy atom. The third-order valence-corrected chi connectivity index (χ3v) is 8.05. The molecule has 4 rings (SSSR count). The van der Waals surface area contributed by atoms with E-state index in [0.29, 0.717) is 5.92 Å². The summed E-state index contributed by atoms with van der Waals surface area (Å²) in [6.45, 7) is 23.4. The van der Waals surface area contributed by atoms with Crippen LogP contribution in [0.4, 0.5) is 0 Å². The average Bonchev–Trinajstić information content (AvgIpc) is 3.41. The van der Waals surface area contributed by atoms with Crippen molar-refractivity contribution in [3.05, 3.63) is 150 Å². The van der Waals surface area contributed by atoms with Gasteiger partial charge >= 0.3 is 0 Å². The van der Waals surface area contributed by atoms with Crippen LogP contribution in [0.1, 0.15) is 62.2 Å². The summed E-state index contributed by atoms with van der Waals surface area (Å²) >= 11 is 0. The van der Waals surface area contributed by atoms with Crippen molar-refractivity contribution in [1.82, 2.24) is 9.13 Å². The molecule has 1 unspecified atom stereocenters. The van der Waals surface area contributed by atoms with Crippen molar-refractivity contribution in [2.24, 2.45) is 5.92 Å². The van der Waals surface area contributed by atoms with E-state index in [0.717, 1.165) is 41.1 Å². The molecule has 1 aromatic carbocycles. The van der Waals surface area contributed by atoms with Gasteiger partial charge in [-0.25, -0.2) is 0 Å². The Hall–Kier alpha value is -4.56. The molecule has 214 valence electrons. The Labute approximate surface area is 252 Å². The van der Waals surface area contributed by atoms with E-state index in [-0.39, 0.29) is 0 Å². The van der Waals surface area contributed by atoms with Gasteiger partial charge in [-0.2, -0.15) is 0 Å². The van der Waals surface area contributed by atoms with Crippen LogP contribution in [0.25, 0.3) is 40.5 Å². The third-order valence-electron chi connectivity index (χ3n) is 8.05. The second-order valence-corrected chi connectivity index (χ2v) is 10.9. The van der Waals surface area contributed by atoms with Gasteiger partial charge in [0.25, 0.3) is 0 Å². The van der Waals surface area contributed by atoms with E-state index in [1.165, 1.54) is 33.3 Å². The van der Waals surface area contributed by atoms with Crippen molar-refractivity contribution in [2.75, 3.05) is 0 Å². The molecule has 0 fully saturated rings. The fraction of sp³-hybridized carbons (Fsp3) is 0.200. The normalized spacial score (nSPS) is 16.6. The van der Waals surface area contributed by atoms with Crippen molar-refractivity contribution in [2.45, 2.75) is 47.5 Å². The van der Waals surface area contributed by atoms with Gasteiger partial charge in [-0.15, -0.1) is 0 Å². The minimum Gasteiger partial charge on any atom is -0.316 e. The maximum atomic E-state index is 4.43. The summed E-state index contributed by atoms with van der Waals surface area (Å²) in [4.78, 5) is 0. The van der Waals surface area contributed by atoms with Crippen molar-refractivity contribution < 1.29 is 0 Å². The fourth-order valence-corrected chi connectivity index (χ4v) is 5.63. The highest BCUT2D eigenvalue weighted by Gasteiger charge is 2.20. The smallest absolute Gasteiger partial charge is 0.0534 e. The number of benzene rings is 1. The van der Waals surface area contributed by atoms with Gasteiger partial charge in [-0.3, -0.25) is 0 Å². The number of aromatic nitrogens is 2. The largest absolute Gasteiger partial charge is 0.316 e. The minimum atomic E-state index is 0.573. The van der Waals surface area contributed by atoms with Crippen LogP contribution in [0.2, 0.25) is 0 Å². The standard InChI is InChI=1S/C40H44N2/c1-9-13-14-20-34-28-41(39-22-16-15-21-37(34)39)35(11-3)27-33(10-2)30(6)18-17-19-31(7)42-38(12-4)32(8)36-25-23-29(5)24-26-40(36)42/h9-22,24,26-29H,2,4,7,23,25H2,1,3,5-6,8H3. The Bertz CT molecular complexity index is 1710.